The zero-order valence-electron chi connectivity index (χ0n) is 16.0. The van der Waals surface area contributed by atoms with Crippen LogP contribution in [0.3, 0.4) is 0 Å². The van der Waals surface area contributed by atoms with Crippen LogP contribution >= 0.6 is 11.3 Å². The van der Waals surface area contributed by atoms with Gasteiger partial charge in [0.25, 0.3) is 0 Å². The minimum absolute atomic E-state index is 0.562. The normalized spacial score (nSPS) is 17.9. The molecule has 4 rings (SSSR count). The second-order valence-corrected chi connectivity index (χ2v) is 8.71. The summed E-state index contributed by atoms with van der Waals surface area (Å²) in [6.45, 7) is 1.62. The lowest BCUT2D eigenvalue weighted by atomic mass is 10.0. The Morgan fingerprint density at radius 1 is 1.19 bits per heavy atom. The van der Waals surface area contributed by atoms with Crippen LogP contribution in [0, 0.1) is 0 Å². The fourth-order valence-corrected chi connectivity index (χ4v) is 5.10. The molecular formula is C21H30N4OS. The molecule has 0 aromatic carbocycles. The highest BCUT2D eigenvalue weighted by atomic mass is 32.1. The van der Waals surface area contributed by atoms with Crippen LogP contribution in [-0.2, 0) is 25.7 Å². The van der Waals surface area contributed by atoms with Crippen molar-refractivity contribution in [2.24, 2.45) is 4.99 Å². The third kappa shape index (κ3) is 5.34. The Bertz CT molecular complexity index is 708. The molecule has 0 aliphatic heterocycles. The van der Waals surface area contributed by atoms with Crippen LogP contribution in [-0.4, -0.2) is 30.1 Å². The molecule has 27 heavy (non-hydrogen) atoms. The minimum Gasteiger partial charge on any atom is -0.469 e. The Morgan fingerprint density at radius 3 is 2.89 bits per heavy atom. The van der Waals surface area contributed by atoms with Crippen molar-refractivity contribution >= 4 is 17.3 Å². The number of rotatable bonds is 7. The summed E-state index contributed by atoms with van der Waals surface area (Å²) in [5, 5.41) is 8.36. The number of hydrogen-bond donors (Lipinski definition) is 2. The smallest absolute Gasteiger partial charge is 0.191 e. The molecule has 0 amide bonds. The van der Waals surface area contributed by atoms with E-state index < -0.39 is 0 Å². The number of fused-ring (bicyclic) bond motifs is 1. The number of nitrogens with one attached hydrogen (secondary N) is 2. The van der Waals surface area contributed by atoms with E-state index in [4.69, 9.17) is 14.4 Å². The second kappa shape index (κ2) is 9.40. The fraction of sp³-hybridized carbons (Fsp3) is 0.619. The van der Waals surface area contributed by atoms with Gasteiger partial charge in [-0.25, -0.2) is 4.98 Å². The van der Waals surface area contributed by atoms with Crippen LogP contribution in [0.2, 0.25) is 0 Å². The highest BCUT2D eigenvalue weighted by molar-refractivity contribution is 7.11. The number of guanidine groups is 1. The van der Waals surface area contributed by atoms with Crippen molar-refractivity contribution in [3.05, 3.63) is 39.7 Å². The molecular weight excluding hydrogens is 356 g/mol. The van der Waals surface area contributed by atoms with Crippen molar-refractivity contribution in [1.82, 2.24) is 15.6 Å². The van der Waals surface area contributed by atoms with Gasteiger partial charge >= 0.3 is 0 Å². The first-order chi connectivity index (χ1) is 13.4. The summed E-state index contributed by atoms with van der Waals surface area (Å²) >= 11 is 1.90. The maximum Gasteiger partial charge on any atom is 0.191 e. The van der Waals surface area contributed by atoms with Crippen LogP contribution in [0.5, 0.6) is 0 Å². The molecule has 2 N–H and O–H groups in total. The van der Waals surface area contributed by atoms with Crippen LogP contribution in [0.15, 0.2) is 27.8 Å². The second-order valence-electron chi connectivity index (χ2n) is 7.55. The Kier molecular flexibility index (Phi) is 6.45. The lowest BCUT2D eigenvalue weighted by Gasteiger charge is -2.17. The summed E-state index contributed by atoms with van der Waals surface area (Å²) in [4.78, 5) is 11.2. The fourth-order valence-electron chi connectivity index (χ4n) is 3.95. The molecule has 2 heterocycles. The van der Waals surface area contributed by atoms with E-state index in [1.807, 2.05) is 23.5 Å². The van der Waals surface area contributed by atoms with Gasteiger partial charge < -0.3 is 15.1 Å². The summed E-state index contributed by atoms with van der Waals surface area (Å²) in [5.41, 5.74) is 1.35. The van der Waals surface area contributed by atoms with E-state index >= 15 is 0 Å². The first-order valence-corrected chi connectivity index (χ1v) is 11.2. The summed E-state index contributed by atoms with van der Waals surface area (Å²) in [7, 11) is 0. The van der Waals surface area contributed by atoms with Gasteiger partial charge in [-0.05, 0) is 50.7 Å². The van der Waals surface area contributed by atoms with Crippen molar-refractivity contribution in [1.29, 1.82) is 0 Å². The molecule has 0 spiro atoms. The van der Waals surface area contributed by atoms with Crippen LogP contribution in [0.1, 0.15) is 59.9 Å². The highest BCUT2D eigenvalue weighted by Gasteiger charge is 2.17. The van der Waals surface area contributed by atoms with Crippen molar-refractivity contribution in [2.75, 3.05) is 13.1 Å². The first-order valence-electron chi connectivity index (χ1n) is 10.4. The standard InChI is InChI=1S/C21H30N4OS/c1-2-7-16(6-1)24-21(22-13-11-17-8-5-15-26-17)23-14-12-20-25-18-9-3-4-10-19(18)27-20/h5,8,15-16H,1-4,6-7,9-14H2,(H2,22,23,24). The average Bonchev–Trinajstić information content (AvgIpc) is 3.43. The molecule has 0 atom stereocenters. The lowest BCUT2D eigenvalue weighted by Crippen LogP contribution is -2.43. The lowest BCUT2D eigenvalue weighted by molar-refractivity contribution is 0.506. The first kappa shape index (κ1) is 18.5. The molecule has 5 nitrogen and oxygen atoms in total. The zero-order chi connectivity index (χ0) is 18.3. The number of hydrogen-bond acceptors (Lipinski definition) is 4. The molecule has 2 aliphatic carbocycles. The Labute approximate surface area is 165 Å². The highest BCUT2D eigenvalue weighted by Crippen LogP contribution is 2.26. The van der Waals surface area contributed by atoms with Crippen molar-refractivity contribution in [2.45, 2.75) is 70.3 Å². The van der Waals surface area contributed by atoms with Crippen molar-refractivity contribution in [3.8, 4) is 0 Å². The molecule has 0 radical (unpaired) electrons. The molecule has 0 bridgehead atoms. The predicted octanol–water partition coefficient (Wildman–Crippen LogP) is 3.88. The molecule has 0 unspecified atom stereocenters. The molecule has 2 aromatic heterocycles. The summed E-state index contributed by atoms with van der Waals surface area (Å²) < 4.78 is 5.42. The number of furan rings is 1. The van der Waals surface area contributed by atoms with E-state index in [1.165, 1.54) is 60.5 Å². The number of aliphatic imine (C=N–C) groups is 1. The largest absolute Gasteiger partial charge is 0.469 e. The summed E-state index contributed by atoms with van der Waals surface area (Å²) in [5.74, 6) is 1.95. The topological polar surface area (TPSA) is 62.5 Å². The van der Waals surface area contributed by atoms with Gasteiger partial charge in [0.1, 0.15) is 5.76 Å². The Balaban J connectivity index is 1.31. The number of aromatic nitrogens is 1. The predicted molar refractivity (Wildman–Crippen MR) is 111 cm³/mol. The molecule has 1 fully saturated rings. The quantitative estimate of drug-likeness (QED) is 0.560. The third-order valence-corrected chi connectivity index (χ3v) is 6.64. The van der Waals surface area contributed by atoms with Gasteiger partial charge in [-0.2, -0.15) is 0 Å². The van der Waals surface area contributed by atoms with E-state index in [-0.39, 0.29) is 0 Å². The average molecular weight is 387 g/mol. The molecule has 1 saturated carbocycles. The number of nitrogens with zero attached hydrogens (tertiary/aromatic N) is 2. The summed E-state index contributed by atoms with van der Waals surface area (Å²) in [6, 6.07) is 4.52. The van der Waals surface area contributed by atoms with E-state index in [0.29, 0.717) is 6.04 Å². The van der Waals surface area contributed by atoms with Gasteiger partial charge in [0.2, 0.25) is 0 Å². The van der Waals surface area contributed by atoms with Crippen molar-refractivity contribution < 1.29 is 4.42 Å². The SMILES string of the molecule is c1coc(CCNC(=NCCc2nc3c(s2)CCCC3)NC2CCCC2)c1. The zero-order valence-corrected chi connectivity index (χ0v) is 16.8. The van der Waals surface area contributed by atoms with Gasteiger partial charge in [0.05, 0.1) is 17.0 Å². The Morgan fingerprint density at radius 2 is 2.07 bits per heavy atom. The van der Waals surface area contributed by atoms with Crippen LogP contribution in [0.4, 0.5) is 0 Å². The van der Waals surface area contributed by atoms with Crippen LogP contribution < -0.4 is 10.6 Å². The molecule has 0 saturated heterocycles. The van der Waals surface area contributed by atoms with Gasteiger partial charge in [-0.15, -0.1) is 11.3 Å². The maximum atomic E-state index is 5.42. The molecule has 146 valence electrons. The minimum atomic E-state index is 0.562. The molecule has 2 aromatic rings. The number of aryl methyl sites for hydroxylation is 2. The van der Waals surface area contributed by atoms with E-state index in [0.717, 1.165) is 44.1 Å². The van der Waals surface area contributed by atoms with E-state index in [2.05, 4.69) is 10.6 Å². The van der Waals surface area contributed by atoms with Gasteiger partial charge in [-0.1, -0.05) is 12.8 Å². The van der Waals surface area contributed by atoms with E-state index in [1.54, 1.807) is 6.26 Å². The molecule has 6 heteroatoms. The van der Waals surface area contributed by atoms with Gasteiger partial charge in [0, 0.05) is 36.9 Å². The number of thiazole rings is 1. The monoisotopic (exact) mass is 386 g/mol. The van der Waals surface area contributed by atoms with Crippen molar-refractivity contribution in [3.63, 3.8) is 0 Å². The maximum absolute atomic E-state index is 5.42. The van der Waals surface area contributed by atoms with Gasteiger partial charge in [0.15, 0.2) is 5.96 Å². The van der Waals surface area contributed by atoms with Gasteiger partial charge in [-0.3, -0.25) is 4.99 Å². The third-order valence-electron chi connectivity index (χ3n) is 5.43. The Hall–Kier alpha value is -1.82. The molecule has 2 aliphatic rings. The van der Waals surface area contributed by atoms with E-state index in [9.17, 15) is 0 Å². The summed E-state index contributed by atoms with van der Waals surface area (Å²) in [6.07, 6.45) is 13.7. The van der Waals surface area contributed by atoms with Crippen LogP contribution in [0.25, 0.3) is 0 Å².